The maximum absolute atomic E-state index is 14.1. The number of amides is 3. The largest absolute Gasteiger partial charge is 0.336 e. The molecule has 1 atom stereocenters. The van der Waals surface area contributed by atoms with E-state index in [1.807, 2.05) is 18.2 Å². The molecule has 208 valence electrons. The fourth-order valence-corrected chi connectivity index (χ4v) is 5.27. The normalized spacial score (nSPS) is 15.8. The Hall–Kier alpha value is -4.18. The topological polar surface area (TPSA) is 87.0 Å². The Labute approximate surface area is 230 Å². The molecule has 3 amide bonds. The first kappa shape index (κ1) is 27.4. The van der Waals surface area contributed by atoms with Crippen LogP contribution in [0.3, 0.4) is 0 Å². The van der Waals surface area contributed by atoms with Gasteiger partial charge in [0, 0.05) is 43.9 Å². The number of hydrogen-bond donors (Lipinski definition) is 1. The number of benzene rings is 3. The molecule has 0 saturated carbocycles. The molecule has 3 aromatic rings. The van der Waals surface area contributed by atoms with Crippen molar-refractivity contribution in [2.75, 3.05) is 24.5 Å². The van der Waals surface area contributed by atoms with Gasteiger partial charge in [0.25, 0.3) is 0 Å². The molecule has 0 saturated heterocycles. The van der Waals surface area contributed by atoms with Crippen molar-refractivity contribution < 1.29 is 27.6 Å². The number of anilines is 1. The van der Waals surface area contributed by atoms with Gasteiger partial charge in [-0.3, -0.25) is 14.4 Å². The third-order valence-corrected chi connectivity index (χ3v) is 7.41. The van der Waals surface area contributed by atoms with E-state index >= 15 is 0 Å². The summed E-state index contributed by atoms with van der Waals surface area (Å²) in [5.41, 5.74) is 9.48. The van der Waals surface area contributed by atoms with Crippen LogP contribution in [0.4, 0.5) is 18.9 Å². The third-order valence-electron chi connectivity index (χ3n) is 7.41. The Bertz CT molecular complexity index is 1460. The van der Waals surface area contributed by atoms with Crippen LogP contribution in [0.5, 0.6) is 0 Å². The summed E-state index contributed by atoms with van der Waals surface area (Å²) in [5.74, 6) is -4.50. The van der Waals surface area contributed by atoms with Crippen LogP contribution in [0.1, 0.15) is 28.7 Å². The lowest BCUT2D eigenvalue weighted by Gasteiger charge is -2.31. The van der Waals surface area contributed by atoms with Crippen molar-refractivity contribution in [3.8, 4) is 0 Å². The Balaban J connectivity index is 1.27. The molecule has 2 heterocycles. The van der Waals surface area contributed by atoms with Crippen molar-refractivity contribution in [2.45, 2.75) is 38.4 Å². The number of nitrogens with zero attached hydrogens (tertiary/aromatic N) is 3. The molecule has 0 spiro atoms. The van der Waals surface area contributed by atoms with Crippen molar-refractivity contribution in [3.05, 3.63) is 100 Å². The molecule has 0 unspecified atom stereocenters. The van der Waals surface area contributed by atoms with Gasteiger partial charge in [-0.1, -0.05) is 42.5 Å². The number of carbonyl (C=O) groups is 3. The zero-order chi connectivity index (χ0) is 28.4. The van der Waals surface area contributed by atoms with E-state index < -0.39 is 35.3 Å². The Morgan fingerprint density at radius 2 is 1.45 bits per heavy atom. The maximum Gasteiger partial charge on any atom is 0.247 e. The molecule has 0 radical (unpaired) electrons. The van der Waals surface area contributed by atoms with Gasteiger partial charge in [-0.05, 0) is 47.2 Å². The van der Waals surface area contributed by atoms with Crippen molar-refractivity contribution in [1.82, 2.24) is 9.80 Å². The van der Waals surface area contributed by atoms with Gasteiger partial charge in [-0.15, -0.1) is 0 Å². The summed E-state index contributed by atoms with van der Waals surface area (Å²) < 4.78 is 40.9. The van der Waals surface area contributed by atoms with Crippen LogP contribution in [0.15, 0.2) is 60.7 Å². The molecule has 3 aromatic carbocycles. The van der Waals surface area contributed by atoms with Gasteiger partial charge in [0.2, 0.25) is 17.7 Å². The van der Waals surface area contributed by atoms with E-state index in [1.54, 1.807) is 29.2 Å². The molecule has 2 aliphatic heterocycles. The zero-order valence-corrected chi connectivity index (χ0v) is 21.8. The first-order chi connectivity index (χ1) is 19.2. The van der Waals surface area contributed by atoms with Gasteiger partial charge < -0.3 is 20.4 Å². The smallest absolute Gasteiger partial charge is 0.247 e. The van der Waals surface area contributed by atoms with E-state index in [1.165, 1.54) is 15.4 Å². The number of rotatable bonds is 6. The molecule has 10 heteroatoms. The summed E-state index contributed by atoms with van der Waals surface area (Å²) in [6.45, 7) is 0.722. The average Bonchev–Trinajstić information content (AvgIpc) is 3.07. The Kier molecular flexibility index (Phi) is 7.88. The highest BCUT2D eigenvalue weighted by Gasteiger charge is 2.32. The van der Waals surface area contributed by atoms with Gasteiger partial charge >= 0.3 is 0 Å². The molecule has 7 nitrogen and oxygen atoms in total. The van der Waals surface area contributed by atoms with E-state index in [0.717, 1.165) is 18.1 Å². The van der Waals surface area contributed by atoms with Crippen molar-refractivity contribution in [2.24, 2.45) is 5.73 Å². The molecular weight excluding hydrogens is 521 g/mol. The fraction of sp³-hybridized carbons (Fsp3) is 0.300. The summed E-state index contributed by atoms with van der Waals surface area (Å²) >= 11 is 0. The molecule has 0 aromatic heterocycles. The lowest BCUT2D eigenvalue weighted by atomic mass is 10.00. The fourth-order valence-electron chi connectivity index (χ4n) is 5.27. The number of carbonyl (C=O) groups excluding carboxylic acids is 3. The number of fused-ring (bicyclic) bond motifs is 2. The number of para-hydroxylation sites is 1. The lowest BCUT2D eigenvalue weighted by molar-refractivity contribution is -0.136. The molecule has 5 rings (SSSR count). The minimum Gasteiger partial charge on any atom is -0.336 e. The van der Waals surface area contributed by atoms with E-state index in [4.69, 9.17) is 5.73 Å². The van der Waals surface area contributed by atoms with Crippen LogP contribution in [0, 0.1) is 17.5 Å². The van der Waals surface area contributed by atoms with Gasteiger partial charge in [-0.2, -0.15) is 0 Å². The Morgan fingerprint density at radius 1 is 0.800 bits per heavy atom. The molecule has 2 aliphatic rings. The lowest BCUT2D eigenvalue weighted by Crippen LogP contribution is -2.47. The van der Waals surface area contributed by atoms with Crippen LogP contribution >= 0.6 is 0 Å². The predicted octanol–water partition coefficient (Wildman–Crippen LogP) is 3.32. The van der Waals surface area contributed by atoms with Gasteiger partial charge in [0.1, 0.15) is 18.9 Å². The van der Waals surface area contributed by atoms with Crippen LogP contribution < -0.4 is 10.6 Å². The van der Waals surface area contributed by atoms with Gasteiger partial charge in [0.05, 0.1) is 0 Å². The molecule has 40 heavy (non-hydrogen) atoms. The second-order valence-corrected chi connectivity index (χ2v) is 10.2. The zero-order valence-electron chi connectivity index (χ0n) is 21.8. The van der Waals surface area contributed by atoms with E-state index in [-0.39, 0.29) is 43.9 Å². The van der Waals surface area contributed by atoms with Gasteiger partial charge in [-0.25, -0.2) is 13.2 Å². The SMILES string of the molecule is N[C@@H](CC(=O)N1CC(=O)N(CC(=O)N2CCc3ccccc3C2)c2ccccc2C1)Cc1cc(F)c(F)cc1F. The summed E-state index contributed by atoms with van der Waals surface area (Å²) in [5, 5.41) is 0. The molecule has 0 aliphatic carbocycles. The monoisotopic (exact) mass is 550 g/mol. The molecule has 0 fully saturated rings. The number of nitrogens with two attached hydrogens (primary N) is 1. The van der Waals surface area contributed by atoms with Crippen LogP contribution in [0.2, 0.25) is 0 Å². The van der Waals surface area contributed by atoms with Crippen LogP contribution in [-0.2, 0) is 40.3 Å². The summed E-state index contributed by atoms with van der Waals surface area (Å²) in [6.07, 6.45) is 0.316. The predicted molar refractivity (Wildman–Crippen MR) is 142 cm³/mol. The first-order valence-corrected chi connectivity index (χ1v) is 13.1. The third kappa shape index (κ3) is 5.86. The van der Waals surface area contributed by atoms with Crippen LogP contribution in [0.25, 0.3) is 0 Å². The van der Waals surface area contributed by atoms with Crippen LogP contribution in [-0.4, -0.2) is 53.2 Å². The first-order valence-electron chi connectivity index (χ1n) is 13.1. The minimum absolute atomic E-state index is 0.120. The van der Waals surface area contributed by atoms with Gasteiger partial charge in [0.15, 0.2) is 11.6 Å². The Morgan fingerprint density at radius 3 is 2.23 bits per heavy atom. The average molecular weight is 551 g/mol. The highest BCUT2D eigenvalue weighted by molar-refractivity contribution is 6.02. The van der Waals surface area contributed by atoms with Crippen molar-refractivity contribution in [1.29, 1.82) is 0 Å². The maximum atomic E-state index is 14.1. The quantitative estimate of drug-likeness (QED) is 0.477. The summed E-state index contributed by atoms with van der Waals surface area (Å²) in [4.78, 5) is 44.4. The summed E-state index contributed by atoms with van der Waals surface area (Å²) in [7, 11) is 0. The second-order valence-electron chi connectivity index (χ2n) is 10.2. The van der Waals surface area contributed by atoms with E-state index in [2.05, 4.69) is 6.07 Å². The van der Waals surface area contributed by atoms with E-state index in [0.29, 0.717) is 30.4 Å². The second kappa shape index (κ2) is 11.5. The summed E-state index contributed by atoms with van der Waals surface area (Å²) in [6, 6.07) is 15.3. The highest BCUT2D eigenvalue weighted by Crippen LogP contribution is 2.27. The molecule has 0 bridgehead atoms. The van der Waals surface area contributed by atoms with E-state index in [9.17, 15) is 27.6 Å². The minimum atomic E-state index is -1.30. The molecule has 2 N–H and O–H groups in total. The molecular formula is C30H29F3N4O3. The number of halogens is 3. The number of hydrogen-bond acceptors (Lipinski definition) is 4. The van der Waals surface area contributed by atoms with Crippen molar-refractivity contribution in [3.63, 3.8) is 0 Å². The van der Waals surface area contributed by atoms with Crippen molar-refractivity contribution >= 4 is 23.4 Å². The standard InChI is InChI=1S/C30H29F3N4O3/c31-24-14-26(33)25(32)12-22(24)11-23(34)13-28(38)36-16-21-7-3-4-8-27(21)37(30(40)17-36)18-29(39)35-10-9-19-5-1-2-6-20(19)15-35/h1-8,12,14,23H,9-11,13,15-18,34H2/t23-/m1/s1. The highest BCUT2D eigenvalue weighted by atomic mass is 19.2.